The van der Waals surface area contributed by atoms with Gasteiger partial charge in [-0.2, -0.15) is 4.98 Å². The minimum Gasteiger partial charge on any atom is -0.356 e. The Morgan fingerprint density at radius 1 is 0.971 bits per heavy atom. The molecule has 0 radical (unpaired) electrons. The molecular weight excluding hydrogens is 456 g/mol. The van der Waals surface area contributed by atoms with Crippen LogP contribution in [-0.4, -0.2) is 77.0 Å². The van der Waals surface area contributed by atoms with Gasteiger partial charge in [-0.1, -0.05) is 25.3 Å². The van der Waals surface area contributed by atoms with Crippen LogP contribution in [0.4, 0.5) is 11.8 Å². The van der Waals surface area contributed by atoms with Gasteiger partial charge in [-0.05, 0) is 62.6 Å². The quantitative estimate of drug-likeness (QED) is 0.639. The summed E-state index contributed by atoms with van der Waals surface area (Å²) in [5.41, 5.74) is 0. The fourth-order valence-electron chi connectivity index (χ4n) is 5.85. The van der Waals surface area contributed by atoms with Crippen molar-refractivity contribution in [2.45, 2.75) is 76.3 Å². The number of carbonyl (C=O) groups excluding carboxylic acids is 1. The molecule has 5 heterocycles. The van der Waals surface area contributed by atoms with Crippen LogP contribution in [0.25, 0.3) is 0 Å². The fourth-order valence-corrected chi connectivity index (χ4v) is 6.55. The van der Waals surface area contributed by atoms with Crippen molar-refractivity contribution in [1.29, 1.82) is 0 Å². The van der Waals surface area contributed by atoms with Gasteiger partial charge in [-0.3, -0.25) is 9.69 Å². The van der Waals surface area contributed by atoms with Crippen LogP contribution in [0.2, 0.25) is 0 Å². The lowest BCUT2D eigenvalue weighted by Crippen LogP contribution is -2.52. The second-order valence-electron chi connectivity index (χ2n) is 10.4. The van der Waals surface area contributed by atoms with Gasteiger partial charge in [-0.25, -0.2) is 4.98 Å². The Balaban J connectivity index is 1.19. The molecule has 190 valence electrons. The highest BCUT2D eigenvalue weighted by molar-refractivity contribution is 7.10. The molecule has 3 fully saturated rings. The standard InChI is InChI=1S/C27H40N6OS/c34-26(19-24-11-8-18-35-24)33-17-7-10-23(21-33)32-16-6-3-9-22(20-32)29-27-28-13-12-25(30-27)31-14-4-1-2-5-15-31/h8,11-13,18,22-23H,1-7,9-10,14-17,19-21H2,(H,28,29,30). The zero-order valence-corrected chi connectivity index (χ0v) is 21.7. The lowest BCUT2D eigenvalue weighted by atomic mass is 10.0. The maximum atomic E-state index is 12.9. The highest BCUT2D eigenvalue weighted by Gasteiger charge is 2.30. The number of hydrogen-bond donors (Lipinski definition) is 1. The molecule has 0 bridgehead atoms. The molecule has 0 aromatic carbocycles. The lowest BCUT2D eigenvalue weighted by molar-refractivity contribution is -0.132. The summed E-state index contributed by atoms with van der Waals surface area (Å²) in [5, 5.41) is 5.73. The third-order valence-electron chi connectivity index (χ3n) is 7.78. The van der Waals surface area contributed by atoms with Gasteiger partial charge in [0, 0.05) is 55.9 Å². The van der Waals surface area contributed by atoms with E-state index in [9.17, 15) is 4.79 Å². The van der Waals surface area contributed by atoms with Crippen molar-refractivity contribution in [3.05, 3.63) is 34.7 Å². The SMILES string of the molecule is O=C(Cc1cccs1)N1CCCC(N2CCCCC(Nc3nccc(N4CCCCCC4)n3)C2)C1. The van der Waals surface area contributed by atoms with E-state index in [1.54, 1.807) is 11.3 Å². The third kappa shape index (κ3) is 6.73. The Hall–Kier alpha value is -2.19. The molecule has 2 aromatic rings. The van der Waals surface area contributed by atoms with E-state index >= 15 is 0 Å². The number of nitrogens with zero attached hydrogens (tertiary/aromatic N) is 5. The molecule has 3 saturated heterocycles. The molecule has 2 aromatic heterocycles. The Morgan fingerprint density at radius 2 is 1.83 bits per heavy atom. The molecule has 3 aliphatic rings. The summed E-state index contributed by atoms with van der Waals surface area (Å²) in [6.07, 6.45) is 13.4. The van der Waals surface area contributed by atoms with Crippen LogP contribution in [0.15, 0.2) is 29.8 Å². The number of likely N-dealkylation sites (tertiary alicyclic amines) is 2. The molecule has 3 aliphatic heterocycles. The number of nitrogens with one attached hydrogen (secondary N) is 1. The molecule has 35 heavy (non-hydrogen) atoms. The molecule has 2 unspecified atom stereocenters. The first-order valence-electron chi connectivity index (χ1n) is 13.6. The summed E-state index contributed by atoms with van der Waals surface area (Å²) in [4.78, 5) is 30.7. The van der Waals surface area contributed by atoms with Gasteiger partial charge >= 0.3 is 0 Å². The number of thiophene rings is 1. The lowest BCUT2D eigenvalue weighted by Gasteiger charge is -2.40. The minimum absolute atomic E-state index is 0.278. The Morgan fingerprint density at radius 3 is 2.66 bits per heavy atom. The summed E-state index contributed by atoms with van der Waals surface area (Å²) in [6.45, 7) is 6.05. The number of amides is 1. The second kappa shape index (κ2) is 12.2. The van der Waals surface area contributed by atoms with Crippen molar-refractivity contribution < 1.29 is 4.79 Å². The van der Waals surface area contributed by atoms with Gasteiger partial charge in [0.2, 0.25) is 11.9 Å². The van der Waals surface area contributed by atoms with Crippen molar-refractivity contribution in [2.24, 2.45) is 0 Å². The average Bonchev–Trinajstić information content (AvgIpc) is 3.11. The Kier molecular flexibility index (Phi) is 8.52. The van der Waals surface area contributed by atoms with Gasteiger partial charge in [0.1, 0.15) is 5.82 Å². The predicted octanol–water partition coefficient (Wildman–Crippen LogP) is 4.42. The maximum Gasteiger partial charge on any atom is 0.227 e. The first-order chi connectivity index (χ1) is 17.2. The number of aromatic nitrogens is 2. The molecule has 8 heteroatoms. The van der Waals surface area contributed by atoms with E-state index in [-0.39, 0.29) is 5.91 Å². The van der Waals surface area contributed by atoms with E-state index in [0.29, 0.717) is 18.5 Å². The van der Waals surface area contributed by atoms with Gasteiger partial charge < -0.3 is 15.1 Å². The van der Waals surface area contributed by atoms with Crippen LogP contribution < -0.4 is 10.2 Å². The van der Waals surface area contributed by atoms with Gasteiger partial charge in [0.05, 0.1) is 6.42 Å². The first kappa shape index (κ1) is 24.5. The van der Waals surface area contributed by atoms with Gasteiger partial charge in [0.25, 0.3) is 0 Å². The molecular formula is C27H40N6OS. The normalized spacial score (nSPS) is 24.6. The van der Waals surface area contributed by atoms with Gasteiger partial charge in [0.15, 0.2) is 0 Å². The van der Waals surface area contributed by atoms with Gasteiger partial charge in [-0.15, -0.1) is 11.3 Å². The van der Waals surface area contributed by atoms with E-state index in [2.05, 4.69) is 42.5 Å². The molecule has 5 rings (SSSR count). The first-order valence-corrected chi connectivity index (χ1v) is 14.5. The van der Waals surface area contributed by atoms with Crippen molar-refractivity contribution in [2.75, 3.05) is 49.5 Å². The topological polar surface area (TPSA) is 64.6 Å². The summed E-state index contributed by atoms with van der Waals surface area (Å²) in [6, 6.07) is 6.94. The number of anilines is 2. The zero-order valence-electron chi connectivity index (χ0n) is 20.9. The fraction of sp³-hybridized carbons (Fsp3) is 0.667. The van der Waals surface area contributed by atoms with Crippen LogP contribution in [0.3, 0.4) is 0 Å². The summed E-state index contributed by atoms with van der Waals surface area (Å²) < 4.78 is 0. The Labute approximate surface area is 213 Å². The summed E-state index contributed by atoms with van der Waals surface area (Å²) >= 11 is 1.68. The Bertz CT molecular complexity index is 930. The minimum atomic E-state index is 0.278. The molecule has 1 N–H and O–H groups in total. The van der Waals surface area contributed by atoms with E-state index in [1.165, 1.54) is 49.8 Å². The van der Waals surface area contributed by atoms with E-state index in [4.69, 9.17) is 4.98 Å². The molecule has 7 nitrogen and oxygen atoms in total. The monoisotopic (exact) mass is 496 g/mol. The molecule has 0 spiro atoms. The molecule has 0 saturated carbocycles. The van der Waals surface area contributed by atoms with Crippen LogP contribution in [0, 0.1) is 0 Å². The van der Waals surface area contributed by atoms with Crippen molar-refractivity contribution in [3.63, 3.8) is 0 Å². The smallest absolute Gasteiger partial charge is 0.227 e. The molecule has 0 aliphatic carbocycles. The number of hydrogen-bond acceptors (Lipinski definition) is 7. The van der Waals surface area contributed by atoms with Crippen LogP contribution in [0.5, 0.6) is 0 Å². The largest absolute Gasteiger partial charge is 0.356 e. The van der Waals surface area contributed by atoms with Crippen molar-refractivity contribution in [1.82, 2.24) is 19.8 Å². The van der Waals surface area contributed by atoms with E-state index in [0.717, 1.165) is 63.9 Å². The highest BCUT2D eigenvalue weighted by Crippen LogP contribution is 2.24. The third-order valence-corrected chi connectivity index (χ3v) is 8.65. The maximum absolute atomic E-state index is 12.9. The zero-order chi connectivity index (χ0) is 23.9. The second-order valence-corrected chi connectivity index (χ2v) is 11.4. The number of rotatable bonds is 6. The summed E-state index contributed by atoms with van der Waals surface area (Å²) in [7, 11) is 0. The van der Waals surface area contributed by atoms with E-state index in [1.807, 2.05) is 12.3 Å². The predicted molar refractivity (Wildman–Crippen MR) is 143 cm³/mol. The summed E-state index contributed by atoms with van der Waals surface area (Å²) in [5.74, 6) is 2.09. The van der Waals surface area contributed by atoms with Crippen LogP contribution in [0.1, 0.15) is 62.7 Å². The van der Waals surface area contributed by atoms with Crippen LogP contribution >= 0.6 is 11.3 Å². The number of piperidine rings is 1. The van der Waals surface area contributed by atoms with Crippen molar-refractivity contribution >= 4 is 29.0 Å². The van der Waals surface area contributed by atoms with E-state index < -0.39 is 0 Å². The molecule has 1 amide bonds. The van der Waals surface area contributed by atoms with Crippen LogP contribution in [-0.2, 0) is 11.2 Å². The van der Waals surface area contributed by atoms with Crippen molar-refractivity contribution in [3.8, 4) is 0 Å². The highest BCUT2D eigenvalue weighted by atomic mass is 32.1. The molecule has 2 atom stereocenters. The number of carbonyl (C=O) groups is 1. The average molecular weight is 497 g/mol.